The Morgan fingerprint density at radius 3 is 2.35 bits per heavy atom. The summed E-state index contributed by atoms with van der Waals surface area (Å²) in [6.45, 7) is 3.55. The van der Waals surface area contributed by atoms with Gasteiger partial charge in [-0.2, -0.15) is 0 Å². The van der Waals surface area contributed by atoms with Crippen molar-refractivity contribution >= 4 is 5.78 Å². The van der Waals surface area contributed by atoms with Gasteiger partial charge in [0, 0.05) is 5.92 Å². The Balaban J connectivity index is 2.84. The molecule has 0 aliphatic rings. The SMILES string of the molecule is CCC[C@H](C(C)=O)[C@H](O)c1ccc(OC)cc1. The number of carbonyl (C=O) groups excluding carboxylic acids is 1. The summed E-state index contributed by atoms with van der Waals surface area (Å²) in [5, 5.41) is 10.2. The third-order valence-electron chi connectivity index (χ3n) is 2.96. The van der Waals surface area contributed by atoms with E-state index in [4.69, 9.17) is 4.74 Å². The Bertz CT molecular complexity index is 356. The van der Waals surface area contributed by atoms with E-state index in [0.29, 0.717) is 6.42 Å². The summed E-state index contributed by atoms with van der Waals surface area (Å²) in [6.07, 6.45) is 0.873. The quantitative estimate of drug-likeness (QED) is 0.826. The molecule has 1 aromatic carbocycles. The van der Waals surface area contributed by atoms with Crippen molar-refractivity contribution in [2.75, 3.05) is 7.11 Å². The van der Waals surface area contributed by atoms with E-state index >= 15 is 0 Å². The topological polar surface area (TPSA) is 46.5 Å². The van der Waals surface area contributed by atoms with E-state index in [1.165, 1.54) is 6.92 Å². The predicted molar refractivity (Wildman–Crippen MR) is 67.0 cm³/mol. The molecule has 2 atom stereocenters. The van der Waals surface area contributed by atoms with Crippen LogP contribution in [-0.2, 0) is 4.79 Å². The molecule has 0 saturated carbocycles. The fourth-order valence-corrected chi connectivity index (χ4v) is 1.93. The van der Waals surface area contributed by atoms with Crippen LogP contribution in [0.15, 0.2) is 24.3 Å². The van der Waals surface area contributed by atoms with Gasteiger partial charge in [0.15, 0.2) is 0 Å². The maximum absolute atomic E-state index is 11.5. The summed E-state index contributed by atoms with van der Waals surface area (Å²) in [4.78, 5) is 11.5. The molecule has 0 amide bonds. The lowest BCUT2D eigenvalue weighted by Crippen LogP contribution is -2.20. The van der Waals surface area contributed by atoms with Crippen molar-refractivity contribution in [3.05, 3.63) is 29.8 Å². The van der Waals surface area contributed by atoms with Gasteiger partial charge in [0.25, 0.3) is 0 Å². The molecule has 0 radical (unpaired) electrons. The van der Waals surface area contributed by atoms with Crippen molar-refractivity contribution in [3.8, 4) is 5.75 Å². The zero-order valence-electron chi connectivity index (χ0n) is 10.6. The van der Waals surface area contributed by atoms with Gasteiger partial charge in [-0.05, 0) is 31.0 Å². The average molecular weight is 236 g/mol. The maximum Gasteiger partial charge on any atom is 0.135 e. The molecule has 1 aromatic rings. The third kappa shape index (κ3) is 3.56. The van der Waals surface area contributed by atoms with Crippen molar-refractivity contribution in [2.45, 2.75) is 32.8 Å². The van der Waals surface area contributed by atoms with Crippen LogP contribution in [0.2, 0.25) is 0 Å². The molecule has 0 unspecified atom stereocenters. The molecule has 1 rings (SSSR count). The number of Topliss-reactive ketones (excluding diaryl/α,β-unsaturated/α-hetero) is 1. The minimum Gasteiger partial charge on any atom is -0.497 e. The second kappa shape index (κ2) is 6.40. The molecule has 0 saturated heterocycles. The minimum atomic E-state index is -0.724. The van der Waals surface area contributed by atoms with Crippen LogP contribution in [0.4, 0.5) is 0 Å². The van der Waals surface area contributed by atoms with Crippen LogP contribution in [-0.4, -0.2) is 18.0 Å². The lowest BCUT2D eigenvalue weighted by atomic mass is 9.89. The van der Waals surface area contributed by atoms with E-state index in [9.17, 15) is 9.90 Å². The van der Waals surface area contributed by atoms with Gasteiger partial charge in [-0.15, -0.1) is 0 Å². The highest BCUT2D eigenvalue weighted by Gasteiger charge is 2.24. The molecule has 17 heavy (non-hydrogen) atoms. The molecule has 3 nitrogen and oxygen atoms in total. The largest absolute Gasteiger partial charge is 0.497 e. The van der Waals surface area contributed by atoms with E-state index in [2.05, 4.69) is 0 Å². The van der Waals surface area contributed by atoms with E-state index in [1.807, 2.05) is 6.92 Å². The van der Waals surface area contributed by atoms with Gasteiger partial charge in [0.1, 0.15) is 11.5 Å². The van der Waals surface area contributed by atoms with Crippen molar-refractivity contribution in [1.82, 2.24) is 0 Å². The van der Waals surface area contributed by atoms with Crippen LogP contribution >= 0.6 is 0 Å². The van der Waals surface area contributed by atoms with Crippen molar-refractivity contribution in [1.29, 1.82) is 0 Å². The van der Waals surface area contributed by atoms with Gasteiger partial charge >= 0.3 is 0 Å². The number of rotatable bonds is 6. The molecule has 0 bridgehead atoms. The van der Waals surface area contributed by atoms with Gasteiger partial charge in [0.05, 0.1) is 13.2 Å². The molecular formula is C14H20O3. The standard InChI is InChI=1S/C14H20O3/c1-4-5-13(10(2)15)14(16)11-6-8-12(17-3)9-7-11/h6-9,13-14,16H,4-5H2,1-3H3/t13-,14-/m1/s1. The first-order valence-electron chi connectivity index (χ1n) is 5.92. The highest BCUT2D eigenvalue weighted by Crippen LogP contribution is 2.27. The summed E-state index contributed by atoms with van der Waals surface area (Å²) >= 11 is 0. The summed E-state index contributed by atoms with van der Waals surface area (Å²) in [7, 11) is 1.60. The van der Waals surface area contributed by atoms with Crippen LogP contribution in [0.1, 0.15) is 38.4 Å². The number of benzene rings is 1. The van der Waals surface area contributed by atoms with Gasteiger partial charge in [-0.3, -0.25) is 4.79 Å². The minimum absolute atomic E-state index is 0.0372. The third-order valence-corrected chi connectivity index (χ3v) is 2.96. The van der Waals surface area contributed by atoms with Gasteiger partial charge in [-0.1, -0.05) is 25.5 Å². The zero-order valence-corrected chi connectivity index (χ0v) is 10.6. The Hall–Kier alpha value is -1.35. The lowest BCUT2D eigenvalue weighted by Gasteiger charge is -2.20. The first-order chi connectivity index (χ1) is 8.10. The molecule has 0 aliphatic carbocycles. The summed E-state index contributed by atoms with van der Waals surface area (Å²) in [6, 6.07) is 7.19. The van der Waals surface area contributed by atoms with Crippen molar-refractivity contribution < 1.29 is 14.6 Å². The number of carbonyl (C=O) groups is 1. The van der Waals surface area contributed by atoms with E-state index in [1.54, 1.807) is 31.4 Å². The number of ether oxygens (including phenoxy) is 1. The predicted octanol–water partition coefficient (Wildman–Crippen LogP) is 2.73. The van der Waals surface area contributed by atoms with Crippen LogP contribution < -0.4 is 4.74 Å². The smallest absolute Gasteiger partial charge is 0.135 e. The number of methoxy groups -OCH3 is 1. The fraction of sp³-hybridized carbons (Fsp3) is 0.500. The Kier molecular flexibility index (Phi) is 5.16. The first kappa shape index (κ1) is 13.7. The van der Waals surface area contributed by atoms with E-state index in [-0.39, 0.29) is 11.7 Å². The number of ketones is 1. The molecule has 0 fully saturated rings. The lowest BCUT2D eigenvalue weighted by molar-refractivity contribution is -0.124. The number of hydrogen-bond donors (Lipinski definition) is 1. The summed E-state index contributed by atoms with van der Waals surface area (Å²) < 4.78 is 5.06. The average Bonchev–Trinajstić information content (AvgIpc) is 2.35. The van der Waals surface area contributed by atoms with Gasteiger partial charge < -0.3 is 9.84 Å². The second-order valence-corrected chi connectivity index (χ2v) is 4.22. The molecular weight excluding hydrogens is 216 g/mol. The highest BCUT2D eigenvalue weighted by molar-refractivity contribution is 5.79. The van der Waals surface area contributed by atoms with Crippen molar-refractivity contribution in [2.24, 2.45) is 5.92 Å². The van der Waals surface area contributed by atoms with E-state index < -0.39 is 6.10 Å². The summed E-state index contributed by atoms with van der Waals surface area (Å²) in [5.41, 5.74) is 0.763. The van der Waals surface area contributed by atoms with Crippen molar-refractivity contribution in [3.63, 3.8) is 0 Å². The van der Waals surface area contributed by atoms with Crippen LogP contribution in [0.5, 0.6) is 5.75 Å². The highest BCUT2D eigenvalue weighted by atomic mass is 16.5. The van der Waals surface area contributed by atoms with Gasteiger partial charge in [-0.25, -0.2) is 0 Å². The fourth-order valence-electron chi connectivity index (χ4n) is 1.93. The molecule has 94 valence electrons. The Morgan fingerprint density at radius 2 is 1.94 bits per heavy atom. The normalized spacial score (nSPS) is 14.1. The molecule has 0 heterocycles. The Morgan fingerprint density at radius 1 is 1.35 bits per heavy atom. The monoisotopic (exact) mass is 236 g/mol. The molecule has 0 aromatic heterocycles. The maximum atomic E-state index is 11.5. The van der Waals surface area contributed by atoms with Crippen LogP contribution in [0.3, 0.4) is 0 Å². The number of hydrogen-bond acceptors (Lipinski definition) is 3. The molecule has 1 N–H and O–H groups in total. The number of aliphatic hydroxyl groups excluding tert-OH is 1. The molecule has 0 spiro atoms. The number of aliphatic hydroxyl groups is 1. The molecule has 3 heteroatoms. The van der Waals surface area contributed by atoms with Gasteiger partial charge in [0.2, 0.25) is 0 Å². The Labute approximate surface area is 102 Å². The second-order valence-electron chi connectivity index (χ2n) is 4.22. The molecule has 0 aliphatic heterocycles. The summed E-state index contributed by atoms with van der Waals surface area (Å²) in [5.74, 6) is 0.472. The van der Waals surface area contributed by atoms with Crippen LogP contribution in [0, 0.1) is 5.92 Å². The van der Waals surface area contributed by atoms with Crippen LogP contribution in [0.25, 0.3) is 0 Å². The zero-order chi connectivity index (χ0) is 12.8. The first-order valence-corrected chi connectivity index (χ1v) is 5.92. The van der Waals surface area contributed by atoms with E-state index in [0.717, 1.165) is 17.7 Å².